The Hall–Kier alpha value is -2.38. The summed E-state index contributed by atoms with van der Waals surface area (Å²) in [6, 6.07) is 12.6. The molecule has 1 fully saturated rings. The molecule has 0 aliphatic carbocycles. The van der Waals surface area contributed by atoms with Gasteiger partial charge >= 0.3 is 0 Å². The minimum absolute atomic E-state index is 0.229. The van der Waals surface area contributed by atoms with Gasteiger partial charge in [0.25, 0.3) is 5.91 Å². The van der Waals surface area contributed by atoms with E-state index in [1.807, 2.05) is 24.3 Å². The Balaban J connectivity index is 1.68. The number of nitrogens with zero attached hydrogens (tertiary/aromatic N) is 1. The third kappa shape index (κ3) is 5.40. The van der Waals surface area contributed by atoms with Gasteiger partial charge in [-0.2, -0.15) is 4.31 Å². The molecule has 2 aromatic rings. The zero-order valence-electron chi connectivity index (χ0n) is 17.7. The second-order valence-corrected chi connectivity index (χ2v) is 9.56. The monoisotopic (exact) mass is 430 g/mol. The number of hydrogen-bond donors (Lipinski definition) is 1. The van der Waals surface area contributed by atoms with Crippen molar-refractivity contribution < 1.29 is 17.9 Å². The van der Waals surface area contributed by atoms with Gasteiger partial charge in [-0.1, -0.05) is 31.0 Å². The summed E-state index contributed by atoms with van der Waals surface area (Å²) in [5.41, 5.74) is 2.11. The zero-order valence-corrected chi connectivity index (χ0v) is 18.5. The normalized spacial score (nSPS) is 15.4. The van der Waals surface area contributed by atoms with E-state index >= 15 is 0 Å². The van der Waals surface area contributed by atoms with Crippen LogP contribution in [0.15, 0.2) is 47.4 Å². The summed E-state index contributed by atoms with van der Waals surface area (Å²) in [5, 5.41) is 2.89. The minimum Gasteiger partial charge on any atom is -0.497 e. The summed E-state index contributed by atoms with van der Waals surface area (Å²) in [7, 11) is -1.98. The Morgan fingerprint density at radius 1 is 1.03 bits per heavy atom. The number of amides is 1. The van der Waals surface area contributed by atoms with Crippen LogP contribution in [-0.2, 0) is 16.4 Å². The first-order valence-electron chi connectivity index (χ1n) is 10.4. The molecule has 1 N–H and O–H groups in total. The van der Waals surface area contributed by atoms with Gasteiger partial charge in [-0.3, -0.25) is 4.79 Å². The van der Waals surface area contributed by atoms with Crippen molar-refractivity contribution in [3.8, 4) is 5.75 Å². The van der Waals surface area contributed by atoms with Gasteiger partial charge in [-0.05, 0) is 61.6 Å². The molecule has 0 radical (unpaired) electrons. The first kappa shape index (κ1) is 22.3. The van der Waals surface area contributed by atoms with E-state index < -0.39 is 10.0 Å². The summed E-state index contributed by atoms with van der Waals surface area (Å²) in [6.07, 6.45) is 4.55. The van der Waals surface area contributed by atoms with Crippen molar-refractivity contribution >= 4 is 15.9 Å². The first-order valence-corrected chi connectivity index (χ1v) is 11.9. The van der Waals surface area contributed by atoms with E-state index in [9.17, 15) is 13.2 Å². The van der Waals surface area contributed by atoms with Crippen LogP contribution >= 0.6 is 0 Å². The lowest BCUT2D eigenvalue weighted by Crippen LogP contribution is -2.33. The van der Waals surface area contributed by atoms with Crippen LogP contribution in [0.1, 0.15) is 47.2 Å². The van der Waals surface area contributed by atoms with Crippen molar-refractivity contribution in [2.45, 2.75) is 43.9 Å². The second-order valence-electron chi connectivity index (χ2n) is 7.65. The smallest absolute Gasteiger partial charge is 0.251 e. The first-order chi connectivity index (χ1) is 14.4. The minimum atomic E-state index is -3.60. The quantitative estimate of drug-likeness (QED) is 0.729. The number of rotatable bonds is 7. The third-order valence-corrected chi connectivity index (χ3v) is 7.53. The Kier molecular flexibility index (Phi) is 7.50. The van der Waals surface area contributed by atoms with Gasteiger partial charge in [0.1, 0.15) is 5.75 Å². The molecule has 3 rings (SSSR count). The molecule has 7 heteroatoms. The van der Waals surface area contributed by atoms with E-state index in [1.54, 1.807) is 30.5 Å². The summed E-state index contributed by atoms with van der Waals surface area (Å²) in [5.74, 6) is 0.524. The molecule has 0 aromatic heterocycles. The lowest BCUT2D eigenvalue weighted by atomic mass is 10.1. The van der Waals surface area contributed by atoms with Crippen molar-refractivity contribution in [1.82, 2.24) is 9.62 Å². The topological polar surface area (TPSA) is 75.7 Å². The molecule has 0 saturated carbocycles. The fraction of sp³-hybridized carbons (Fsp3) is 0.435. The maximum Gasteiger partial charge on any atom is 0.251 e. The van der Waals surface area contributed by atoms with E-state index in [2.05, 4.69) is 5.32 Å². The summed E-state index contributed by atoms with van der Waals surface area (Å²) in [6.45, 7) is 3.32. The molecule has 0 unspecified atom stereocenters. The van der Waals surface area contributed by atoms with Crippen molar-refractivity contribution in [3.05, 3.63) is 59.2 Å². The third-order valence-electron chi connectivity index (χ3n) is 5.49. The summed E-state index contributed by atoms with van der Waals surface area (Å²) in [4.78, 5) is 12.8. The van der Waals surface area contributed by atoms with Gasteiger partial charge in [0.2, 0.25) is 10.0 Å². The summed E-state index contributed by atoms with van der Waals surface area (Å²) >= 11 is 0. The Labute approximate surface area is 179 Å². The molecule has 1 saturated heterocycles. The number of methoxy groups -OCH3 is 1. The number of aryl methyl sites for hydroxylation is 1. The van der Waals surface area contributed by atoms with Crippen LogP contribution in [0.5, 0.6) is 5.75 Å². The molecule has 1 aliphatic heterocycles. The zero-order chi connectivity index (χ0) is 21.6. The van der Waals surface area contributed by atoms with Gasteiger partial charge < -0.3 is 10.1 Å². The number of benzene rings is 2. The molecule has 0 atom stereocenters. The molecule has 6 nitrogen and oxygen atoms in total. The Morgan fingerprint density at radius 2 is 1.70 bits per heavy atom. The fourth-order valence-corrected chi connectivity index (χ4v) is 5.42. The average molecular weight is 431 g/mol. The highest BCUT2D eigenvalue weighted by Crippen LogP contribution is 2.24. The molecule has 1 amide bonds. The maximum absolute atomic E-state index is 13.2. The second kappa shape index (κ2) is 10.1. The molecular formula is C23H30N2O4S. The van der Waals surface area contributed by atoms with E-state index in [4.69, 9.17) is 4.74 Å². The van der Waals surface area contributed by atoms with E-state index in [-0.39, 0.29) is 10.8 Å². The van der Waals surface area contributed by atoms with Crippen LogP contribution in [0.25, 0.3) is 0 Å². The van der Waals surface area contributed by atoms with Gasteiger partial charge in [-0.15, -0.1) is 0 Å². The number of carbonyl (C=O) groups is 1. The van der Waals surface area contributed by atoms with Gasteiger partial charge in [0.05, 0.1) is 12.0 Å². The fourth-order valence-electron chi connectivity index (χ4n) is 3.65. The molecular weight excluding hydrogens is 400 g/mol. The van der Waals surface area contributed by atoms with E-state index in [0.717, 1.165) is 37.0 Å². The number of sulfonamides is 1. The van der Waals surface area contributed by atoms with Crippen LogP contribution in [0.4, 0.5) is 0 Å². The van der Waals surface area contributed by atoms with Crippen molar-refractivity contribution in [1.29, 1.82) is 0 Å². The largest absolute Gasteiger partial charge is 0.497 e. The van der Waals surface area contributed by atoms with Crippen LogP contribution < -0.4 is 10.1 Å². The van der Waals surface area contributed by atoms with Gasteiger partial charge in [0, 0.05) is 25.2 Å². The van der Waals surface area contributed by atoms with Crippen molar-refractivity contribution in [2.75, 3.05) is 26.7 Å². The highest BCUT2D eigenvalue weighted by atomic mass is 32.2. The van der Waals surface area contributed by atoms with E-state index in [0.29, 0.717) is 37.2 Å². The van der Waals surface area contributed by atoms with Crippen molar-refractivity contribution in [2.24, 2.45) is 0 Å². The predicted molar refractivity (Wildman–Crippen MR) is 117 cm³/mol. The van der Waals surface area contributed by atoms with Crippen LogP contribution in [0.2, 0.25) is 0 Å². The lowest BCUT2D eigenvalue weighted by Gasteiger charge is -2.21. The van der Waals surface area contributed by atoms with E-state index in [1.165, 1.54) is 6.07 Å². The highest BCUT2D eigenvalue weighted by molar-refractivity contribution is 7.89. The highest BCUT2D eigenvalue weighted by Gasteiger charge is 2.27. The molecule has 30 heavy (non-hydrogen) atoms. The predicted octanol–water partition coefficient (Wildman–Crippen LogP) is 3.54. The number of hydrogen-bond acceptors (Lipinski definition) is 4. The number of nitrogens with one attached hydrogen (secondary N) is 1. The number of carbonyl (C=O) groups excluding carboxylic acids is 1. The molecule has 0 spiro atoms. The number of ether oxygens (including phenoxy) is 1. The molecule has 1 heterocycles. The average Bonchev–Trinajstić information content (AvgIpc) is 3.04. The standard InChI is InChI=1S/C23H30N2O4S/c1-18-7-10-20(17-22(18)30(27,28)25-15-5-3-4-6-16-25)23(26)24-14-13-19-8-11-21(29-2)12-9-19/h7-12,17H,3-6,13-16H2,1-2H3,(H,24,26). The Morgan fingerprint density at radius 3 is 2.33 bits per heavy atom. The molecule has 1 aliphatic rings. The summed E-state index contributed by atoms with van der Waals surface area (Å²) < 4.78 is 33.1. The molecule has 2 aromatic carbocycles. The lowest BCUT2D eigenvalue weighted by molar-refractivity contribution is 0.0954. The SMILES string of the molecule is COc1ccc(CCNC(=O)c2ccc(C)c(S(=O)(=O)N3CCCCCC3)c2)cc1. The van der Waals surface area contributed by atoms with Gasteiger partial charge in [0.15, 0.2) is 0 Å². The van der Waals surface area contributed by atoms with Crippen LogP contribution in [0, 0.1) is 6.92 Å². The van der Waals surface area contributed by atoms with Crippen molar-refractivity contribution in [3.63, 3.8) is 0 Å². The van der Waals surface area contributed by atoms with Crippen LogP contribution in [0.3, 0.4) is 0 Å². The van der Waals surface area contributed by atoms with Gasteiger partial charge in [-0.25, -0.2) is 8.42 Å². The Bertz CT molecular complexity index is 963. The molecule has 0 bridgehead atoms. The maximum atomic E-state index is 13.2. The van der Waals surface area contributed by atoms with Crippen LogP contribution in [-0.4, -0.2) is 45.4 Å². The molecule has 162 valence electrons.